The summed E-state index contributed by atoms with van der Waals surface area (Å²) in [4.78, 5) is 0. The van der Waals surface area contributed by atoms with Crippen molar-refractivity contribution in [2.75, 3.05) is 13.7 Å². The summed E-state index contributed by atoms with van der Waals surface area (Å²) in [5, 5.41) is 5.83. The zero-order valence-corrected chi connectivity index (χ0v) is 11.5. The number of hydrogen-bond acceptors (Lipinski definition) is 2. The van der Waals surface area contributed by atoms with Crippen LogP contribution in [0.1, 0.15) is 18.9 Å². The van der Waals surface area contributed by atoms with Gasteiger partial charge in [0, 0.05) is 24.9 Å². The fourth-order valence-corrected chi connectivity index (χ4v) is 2.16. The van der Waals surface area contributed by atoms with E-state index in [9.17, 15) is 0 Å². The number of hydrogen-bond donors (Lipinski definition) is 1. The second kappa shape index (κ2) is 6.82. The van der Waals surface area contributed by atoms with Crippen LogP contribution < -0.4 is 10.1 Å². The smallest absolute Gasteiger partial charge is 0.126 e. The monoisotopic (exact) mass is 253 g/mol. The van der Waals surface area contributed by atoms with Gasteiger partial charge < -0.3 is 10.1 Å². The van der Waals surface area contributed by atoms with E-state index < -0.39 is 0 Å². The highest BCUT2D eigenvalue weighted by molar-refractivity contribution is 5.91. The highest BCUT2D eigenvalue weighted by Gasteiger charge is 2.05. The molecule has 2 heteroatoms. The Bertz CT molecular complexity index is 607. The molecule has 0 unspecified atom stereocenters. The summed E-state index contributed by atoms with van der Waals surface area (Å²) >= 11 is 0. The number of fused-ring (bicyclic) bond motifs is 1. The van der Waals surface area contributed by atoms with Gasteiger partial charge in [0.15, 0.2) is 0 Å². The third kappa shape index (κ3) is 3.27. The molecule has 2 aromatic rings. The van der Waals surface area contributed by atoms with Crippen LogP contribution in [-0.4, -0.2) is 13.7 Å². The number of nitrogens with one attached hydrogen (secondary N) is 1. The third-order valence-corrected chi connectivity index (χ3v) is 3.11. The fourth-order valence-electron chi connectivity index (χ4n) is 2.16. The second-order valence-electron chi connectivity index (χ2n) is 4.33. The van der Waals surface area contributed by atoms with Gasteiger partial charge in [-0.1, -0.05) is 30.3 Å². The molecule has 19 heavy (non-hydrogen) atoms. The van der Waals surface area contributed by atoms with Crippen LogP contribution in [-0.2, 0) is 6.54 Å². The maximum absolute atomic E-state index is 5.40. The third-order valence-electron chi connectivity index (χ3n) is 3.11. The molecule has 0 atom stereocenters. The quantitative estimate of drug-likeness (QED) is 0.651. The van der Waals surface area contributed by atoms with Crippen LogP contribution in [0.5, 0.6) is 5.75 Å². The van der Waals surface area contributed by atoms with E-state index in [0.717, 1.165) is 30.6 Å². The Morgan fingerprint density at radius 2 is 1.89 bits per heavy atom. The van der Waals surface area contributed by atoms with Gasteiger partial charge in [0.05, 0.1) is 7.11 Å². The van der Waals surface area contributed by atoms with E-state index in [2.05, 4.69) is 41.4 Å². The Hall–Kier alpha value is -1.98. The van der Waals surface area contributed by atoms with Gasteiger partial charge in [-0.15, -0.1) is 11.8 Å². The maximum Gasteiger partial charge on any atom is 0.126 e. The molecule has 0 aliphatic carbocycles. The fraction of sp³-hybridized carbons (Fsp3) is 0.294. The normalized spacial score (nSPS) is 10.0. The highest BCUT2D eigenvalue weighted by Crippen LogP contribution is 2.28. The van der Waals surface area contributed by atoms with Crippen LogP contribution in [0.15, 0.2) is 36.4 Å². The molecule has 0 radical (unpaired) electrons. The Kier molecular flexibility index (Phi) is 4.83. The first-order chi connectivity index (χ1) is 9.36. The van der Waals surface area contributed by atoms with Crippen molar-refractivity contribution < 1.29 is 4.74 Å². The van der Waals surface area contributed by atoms with Crippen molar-refractivity contribution in [1.82, 2.24) is 5.32 Å². The Morgan fingerprint density at radius 3 is 2.63 bits per heavy atom. The molecule has 2 nitrogen and oxygen atoms in total. The SMILES string of the molecule is CC#CCCNCc1ccc(OC)c2ccccc12. The lowest BCUT2D eigenvalue weighted by molar-refractivity contribution is 0.419. The lowest BCUT2D eigenvalue weighted by Gasteiger charge is -2.10. The first-order valence-electron chi connectivity index (χ1n) is 6.51. The topological polar surface area (TPSA) is 21.3 Å². The van der Waals surface area contributed by atoms with E-state index in [1.807, 2.05) is 19.1 Å². The number of benzene rings is 2. The number of methoxy groups -OCH3 is 1. The Balaban J connectivity index is 2.16. The maximum atomic E-state index is 5.40. The first-order valence-corrected chi connectivity index (χ1v) is 6.51. The van der Waals surface area contributed by atoms with Gasteiger partial charge in [0.2, 0.25) is 0 Å². The Labute approximate surface area is 114 Å². The summed E-state index contributed by atoms with van der Waals surface area (Å²) < 4.78 is 5.40. The average Bonchev–Trinajstić information content (AvgIpc) is 2.47. The van der Waals surface area contributed by atoms with E-state index in [-0.39, 0.29) is 0 Å². The molecule has 0 amide bonds. The first kappa shape index (κ1) is 13.5. The predicted molar refractivity (Wildman–Crippen MR) is 80.3 cm³/mol. The van der Waals surface area contributed by atoms with Gasteiger partial charge in [-0.3, -0.25) is 0 Å². The highest BCUT2D eigenvalue weighted by atomic mass is 16.5. The predicted octanol–water partition coefficient (Wildman–Crippen LogP) is 3.35. The van der Waals surface area contributed by atoms with Crippen molar-refractivity contribution in [3.05, 3.63) is 42.0 Å². The van der Waals surface area contributed by atoms with Crippen molar-refractivity contribution >= 4 is 10.8 Å². The molecule has 0 spiro atoms. The zero-order chi connectivity index (χ0) is 13.5. The molecule has 0 fully saturated rings. The van der Waals surface area contributed by atoms with Crippen LogP contribution in [0.2, 0.25) is 0 Å². The molecule has 0 heterocycles. The lowest BCUT2D eigenvalue weighted by atomic mass is 10.0. The second-order valence-corrected chi connectivity index (χ2v) is 4.33. The van der Waals surface area contributed by atoms with Gasteiger partial charge >= 0.3 is 0 Å². The van der Waals surface area contributed by atoms with E-state index >= 15 is 0 Å². The van der Waals surface area contributed by atoms with Crippen LogP contribution in [0.3, 0.4) is 0 Å². The van der Waals surface area contributed by atoms with Crippen LogP contribution in [0.25, 0.3) is 10.8 Å². The molecule has 98 valence electrons. The van der Waals surface area contributed by atoms with E-state index in [0.29, 0.717) is 0 Å². The molecule has 2 aromatic carbocycles. The minimum Gasteiger partial charge on any atom is -0.496 e. The van der Waals surface area contributed by atoms with Crippen molar-refractivity contribution in [3.8, 4) is 17.6 Å². The molecule has 0 saturated carbocycles. The summed E-state index contributed by atoms with van der Waals surface area (Å²) in [6, 6.07) is 12.5. The standard InChI is InChI=1S/C17H19NO/c1-3-4-7-12-18-13-14-10-11-17(19-2)16-9-6-5-8-15(14)16/h5-6,8-11,18H,7,12-13H2,1-2H3. The minimum absolute atomic E-state index is 0.857. The van der Waals surface area contributed by atoms with Crippen LogP contribution in [0.4, 0.5) is 0 Å². The minimum atomic E-state index is 0.857. The molecule has 0 aromatic heterocycles. The van der Waals surface area contributed by atoms with Gasteiger partial charge in [-0.2, -0.15) is 0 Å². The molecule has 0 saturated heterocycles. The van der Waals surface area contributed by atoms with Gasteiger partial charge in [0.25, 0.3) is 0 Å². The van der Waals surface area contributed by atoms with Gasteiger partial charge in [0.1, 0.15) is 5.75 Å². The summed E-state index contributed by atoms with van der Waals surface area (Å²) in [5.74, 6) is 6.89. The summed E-state index contributed by atoms with van der Waals surface area (Å²) in [7, 11) is 1.71. The van der Waals surface area contributed by atoms with Gasteiger partial charge in [-0.05, 0) is 23.9 Å². The largest absolute Gasteiger partial charge is 0.496 e. The van der Waals surface area contributed by atoms with Crippen molar-refractivity contribution in [2.45, 2.75) is 19.9 Å². The molecule has 0 bridgehead atoms. The van der Waals surface area contributed by atoms with E-state index in [1.54, 1.807) is 7.11 Å². The molecule has 0 aliphatic heterocycles. The average molecular weight is 253 g/mol. The summed E-state index contributed by atoms with van der Waals surface area (Å²) in [5.41, 5.74) is 1.29. The van der Waals surface area contributed by atoms with E-state index in [1.165, 1.54) is 10.9 Å². The van der Waals surface area contributed by atoms with Crippen LogP contribution in [0, 0.1) is 11.8 Å². The number of ether oxygens (including phenoxy) is 1. The van der Waals surface area contributed by atoms with Gasteiger partial charge in [-0.25, -0.2) is 0 Å². The molecular weight excluding hydrogens is 234 g/mol. The number of rotatable bonds is 5. The van der Waals surface area contributed by atoms with Crippen molar-refractivity contribution in [2.24, 2.45) is 0 Å². The Morgan fingerprint density at radius 1 is 1.11 bits per heavy atom. The van der Waals surface area contributed by atoms with Crippen LogP contribution >= 0.6 is 0 Å². The molecule has 1 N–H and O–H groups in total. The van der Waals surface area contributed by atoms with Crippen molar-refractivity contribution in [3.63, 3.8) is 0 Å². The van der Waals surface area contributed by atoms with E-state index in [4.69, 9.17) is 4.74 Å². The molecular formula is C17H19NO. The molecule has 2 rings (SSSR count). The molecule has 0 aliphatic rings. The summed E-state index contributed by atoms with van der Waals surface area (Å²) in [6.45, 7) is 3.65. The van der Waals surface area contributed by atoms with Crippen molar-refractivity contribution in [1.29, 1.82) is 0 Å². The zero-order valence-electron chi connectivity index (χ0n) is 11.5. The lowest BCUT2D eigenvalue weighted by Crippen LogP contribution is -2.14. The summed E-state index contributed by atoms with van der Waals surface area (Å²) in [6.07, 6.45) is 0.893.